The van der Waals surface area contributed by atoms with Gasteiger partial charge in [-0.05, 0) is 35.9 Å². The number of halogens is 2. The van der Waals surface area contributed by atoms with Crippen LogP contribution in [0.15, 0.2) is 66.9 Å². The molecule has 27 heavy (non-hydrogen) atoms. The third kappa shape index (κ3) is 6.14. The highest BCUT2D eigenvalue weighted by atomic mass is 35.5. The quantitative estimate of drug-likeness (QED) is 0.620. The van der Waals surface area contributed by atoms with Gasteiger partial charge in [-0.3, -0.25) is 4.98 Å². The van der Waals surface area contributed by atoms with Gasteiger partial charge < -0.3 is 27.2 Å². The van der Waals surface area contributed by atoms with E-state index in [1.54, 1.807) is 13.3 Å². The van der Waals surface area contributed by atoms with Gasteiger partial charge in [-0.1, -0.05) is 41.9 Å². The van der Waals surface area contributed by atoms with Crippen molar-refractivity contribution in [1.29, 1.82) is 0 Å². The van der Waals surface area contributed by atoms with Crippen LogP contribution in [-0.2, 0) is 19.7 Å². The Morgan fingerprint density at radius 3 is 2.52 bits per heavy atom. The Balaban J connectivity index is 0.00000261. The molecule has 1 heterocycles. The van der Waals surface area contributed by atoms with E-state index in [1.165, 1.54) is 0 Å². The molecule has 3 aromatic rings. The molecule has 0 saturated carbocycles. The predicted octanol–water partition coefficient (Wildman–Crippen LogP) is 1.62. The Hall–Kier alpha value is -2.27. The number of pyridine rings is 1. The molecule has 1 aromatic heterocycles. The normalized spacial score (nSPS) is 10.1. The Bertz CT molecular complexity index is 845. The van der Waals surface area contributed by atoms with E-state index in [0.29, 0.717) is 29.7 Å². The molecule has 142 valence electrons. The minimum atomic E-state index is 0. The third-order valence-electron chi connectivity index (χ3n) is 3.93. The monoisotopic (exact) mass is 403 g/mol. The number of ether oxygens (including phenoxy) is 2. The fraction of sp³-hybridized carbons (Fsp3) is 0.190. The molecule has 0 aliphatic rings. The van der Waals surface area contributed by atoms with Crippen molar-refractivity contribution in [3.05, 3.63) is 88.7 Å². The number of hydrogen-bond acceptors (Lipinski definition) is 4. The van der Waals surface area contributed by atoms with Crippen LogP contribution in [0.25, 0.3) is 0 Å². The molecule has 1 N–H and O–H groups in total. The van der Waals surface area contributed by atoms with E-state index in [-0.39, 0.29) is 12.4 Å². The molecule has 0 unspecified atom stereocenters. The van der Waals surface area contributed by atoms with Gasteiger partial charge in [0.25, 0.3) is 0 Å². The van der Waals surface area contributed by atoms with E-state index in [1.807, 2.05) is 60.7 Å². The summed E-state index contributed by atoms with van der Waals surface area (Å²) in [5.74, 6) is 1.40. The zero-order valence-corrected chi connectivity index (χ0v) is 16.5. The van der Waals surface area contributed by atoms with Crippen molar-refractivity contribution >= 4 is 11.6 Å². The van der Waals surface area contributed by atoms with E-state index in [0.717, 1.165) is 23.4 Å². The van der Waals surface area contributed by atoms with Crippen molar-refractivity contribution in [3.8, 4) is 11.5 Å². The van der Waals surface area contributed by atoms with Crippen LogP contribution in [0.5, 0.6) is 11.5 Å². The second-order valence-corrected chi connectivity index (χ2v) is 6.20. The van der Waals surface area contributed by atoms with E-state index >= 15 is 0 Å². The average molecular weight is 404 g/mol. The van der Waals surface area contributed by atoms with Gasteiger partial charge in [0.1, 0.15) is 6.61 Å². The maximum absolute atomic E-state index is 6.17. The Labute approximate surface area is 170 Å². The number of benzene rings is 2. The fourth-order valence-electron chi connectivity index (χ4n) is 2.55. The van der Waals surface area contributed by atoms with E-state index in [2.05, 4.69) is 10.3 Å². The second-order valence-electron chi connectivity index (χ2n) is 5.79. The summed E-state index contributed by atoms with van der Waals surface area (Å²) in [6.45, 7) is 1.83. The van der Waals surface area contributed by atoms with E-state index < -0.39 is 0 Å². The molecule has 0 aliphatic heterocycles. The molecule has 4 nitrogen and oxygen atoms in total. The highest BCUT2D eigenvalue weighted by Gasteiger charge is 2.08. The number of aromatic nitrogens is 1. The van der Waals surface area contributed by atoms with Gasteiger partial charge in [-0.25, -0.2) is 0 Å². The van der Waals surface area contributed by atoms with Crippen LogP contribution in [0.1, 0.15) is 16.8 Å². The highest BCUT2D eigenvalue weighted by molar-refractivity contribution is 6.31. The van der Waals surface area contributed by atoms with Crippen molar-refractivity contribution in [2.75, 3.05) is 7.11 Å². The largest absolute Gasteiger partial charge is 1.00 e. The summed E-state index contributed by atoms with van der Waals surface area (Å²) < 4.78 is 11.4. The number of nitrogens with one attached hydrogen (secondary N) is 1. The standard InChI is InChI=1S/C21H21ClN2O2.ClH/c1-25-21-12-16(13-23-14-18-7-4-5-11-24-18)9-10-20(21)26-15-17-6-2-3-8-19(17)22;/h2-12,23H,13-15H2,1H3;1H/p-1. The van der Waals surface area contributed by atoms with Crippen LogP contribution in [0.2, 0.25) is 5.02 Å². The molecule has 2 aromatic carbocycles. The SMILES string of the molecule is COc1cc(CNCc2ccccn2)ccc1OCc1ccccc1Cl.[Cl-]. The molecule has 3 rings (SSSR count). The van der Waals surface area contributed by atoms with E-state index in [4.69, 9.17) is 21.1 Å². The molecular weight excluding hydrogens is 383 g/mol. The molecule has 0 saturated heterocycles. The van der Waals surface area contributed by atoms with Crippen molar-refractivity contribution in [1.82, 2.24) is 10.3 Å². The number of rotatable bonds is 8. The first-order chi connectivity index (χ1) is 12.8. The van der Waals surface area contributed by atoms with Crippen LogP contribution in [0, 0.1) is 0 Å². The Kier molecular flexibility index (Phi) is 8.40. The molecule has 0 bridgehead atoms. The van der Waals surface area contributed by atoms with Gasteiger partial charge in [0.05, 0.1) is 12.8 Å². The van der Waals surface area contributed by atoms with Crippen molar-refractivity contribution in [2.45, 2.75) is 19.7 Å². The first kappa shape index (κ1) is 21.0. The summed E-state index contributed by atoms with van der Waals surface area (Å²) in [5, 5.41) is 4.07. The van der Waals surface area contributed by atoms with Crippen molar-refractivity contribution < 1.29 is 21.9 Å². The van der Waals surface area contributed by atoms with Crippen LogP contribution in [0.3, 0.4) is 0 Å². The summed E-state index contributed by atoms with van der Waals surface area (Å²) >= 11 is 6.17. The summed E-state index contributed by atoms with van der Waals surface area (Å²) in [5.41, 5.74) is 3.07. The molecule has 0 atom stereocenters. The van der Waals surface area contributed by atoms with Gasteiger partial charge in [-0.15, -0.1) is 0 Å². The molecule has 0 aliphatic carbocycles. The zero-order valence-electron chi connectivity index (χ0n) is 15.0. The molecular formula is C21H21Cl2N2O2-. The average Bonchev–Trinajstić information content (AvgIpc) is 2.68. The summed E-state index contributed by atoms with van der Waals surface area (Å²) in [6.07, 6.45) is 1.80. The lowest BCUT2D eigenvalue weighted by Gasteiger charge is -2.13. The molecule has 0 fully saturated rings. The van der Waals surface area contributed by atoms with Gasteiger partial charge >= 0.3 is 0 Å². The topological polar surface area (TPSA) is 43.4 Å². The van der Waals surface area contributed by atoms with Crippen molar-refractivity contribution in [3.63, 3.8) is 0 Å². The highest BCUT2D eigenvalue weighted by Crippen LogP contribution is 2.29. The zero-order chi connectivity index (χ0) is 18.2. The first-order valence-corrected chi connectivity index (χ1v) is 8.78. The van der Waals surface area contributed by atoms with Crippen LogP contribution < -0.4 is 27.2 Å². The van der Waals surface area contributed by atoms with Crippen LogP contribution in [-0.4, -0.2) is 12.1 Å². The second kappa shape index (κ2) is 10.8. The van der Waals surface area contributed by atoms with Gasteiger partial charge in [-0.2, -0.15) is 0 Å². The minimum absolute atomic E-state index is 0. The van der Waals surface area contributed by atoms with Gasteiger partial charge in [0.15, 0.2) is 11.5 Å². The summed E-state index contributed by atoms with van der Waals surface area (Å²) in [4.78, 5) is 4.30. The Morgan fingerprint density at radius 2 is 1.78 bits per heavy atom. The molecule has 0 spiro atoms. The van der Waals surface area contributed by atoms with Crippen LogP contribution >= 0.6 is 11.6 Å². The minimum Gasteiger partial charge on any atom is -1.00 e. The number of nitrogens with zero attached hydrogens (tertiary/aromatic N) is 1. The summed E-state index contributed by atoms with van der Waals surface area (Å²) in [6, 6.07) is 19.5. The lowest BCUT2D eigenvalue weighted by molar-refractivity contribution is -0.00000583. The fourth-order valence-corrected chi connectivity index (χ4v) is 2.74. The molecule has 6 heteroatoms. The Morgan fingerprint density at radius 1 is 0.963 bits per heavy atom. The lowest BCUT2D eigenvalue weighted by Crippen LogP contribution is -3.00. The number of methoxy groups -OCH3 is 1. The van der Waals surface area contributed by atoms with Crippen LogP contribution in [0.4, 0.5) is 0 Å². The van der Waals surface area contributed by atoms with Gasteiger partial charge in [0, 0.05) is 29.9 Å². The van der Waals surface area contributed by atoms with Gasteiger partial charge in [0.2, 0.25) is 0 Å². The van der Waals surface area contributed by atoms with Crippen molar-refractivity contribution in [2.24, 2.45) is 0 Å². The first-order valence-electron chi connectivity index (χ1n) is 8.40. The predicted molar refractivity (Wildman–Crippen MR) is 104 cm³/mol. The smallest absolute Gasteiger partial charge is 0.161 e. The molecule has 0 radical (unpaired) electrons. The summed E-state index contributed by atoms with van der Waals surface area (Å²) in [7, 11) is 1.64. The third-order valence-corrected chi connectivity index (χ3v) is 4.30. The maximum atomic E-state index is 6.17. The molecule has 0 amide bonds. The van der Waals surface area contributed by atoms with E-state index in [9.17, 15) is 0 Å². The number of hydrogen-bond donors (Lipinski definition) is 1. The lowest BCUT2D eigenvalue weighted by atomic mass is 10.2. The maximum Gasteiger partial charge on any atom is 0.161 e.